The van der Waals surface area contributed by atoms with Gasteiger partial charge in [0.15, 0.2) is 0 Å². The number of rotatable bonds is 4. The van der Waals surface area contributed by atoms with Gasteiger partial charge in [-0.25, -0.2) is 4.98 Å². The van der Waals surface area contributed by atoms with E-state index in [1.165, 1.54) is 11.1 Å². The maximum Gasteiger partial charge on any atom is 0.140 e. The number of anilines is 1. The van der Waals surface area contributed by atoms with Gasteiger partial charge in [0.25, 0.3) is 0 Å². The fraction of sp³-hybridized carbons (Fsp3) is 0.267. The molecule has 0 saturated heterocycles. The predicted molar refractivity (Wildman–Crippen MR) is 79.8 cm³/mol. The molecule has 1 aromatic heterocycles. The average molecular weight is 305 g/mol. The maximum atomic E-state index is 4.39. The Morgan fingerprint density at radius 2 is 1.94 bits per heavy atom. The highest BCUT2D eigenvalue weighted by atomic mass is 79.9. The summed E-state index contributed by atoms with van der Waals surface area (Å²) in [6.45, 7) is 5.02. The van der Waals surface area contributed by atoms with Crippen molar-refractivity contribution >= 4 is 21.7 Å². The number of hydrogen-bond acceptors (Lipinski definition) is 2. The summed E-state index contributed by atoms with van der Waals surface area (Å²) in [6, 6.07) is 10.6. The number of halogens is 1. The van der Waals surface area contributed by atoms with Gasteiger partial charge in [-0.3, -0.25) is 0 Å². The van der Waals surface area contributed by atoms with Crippen LogP contribution in [0.2, 0.25) is 0 Å². The number of nitrogens with one attached hydrogen (secondary N) is 1. The van der Waals surface area contributed by atoms with Crippen LogP contribution in [0.3, 0.4) is 0 Å². The van der Waals surface area contributed by atoms with Crippen molar-refractivity contribution in [2.24, 2.45) is 0 Å². The molecule has 0 aliphatic rings. The van der Waals surface area contributed by atoms with Crippen molar-refractivity contribution in [3.63, 3.8) is 0 Å². The Hall–Kier alpha value is -1.35. The molecule has 0 unspecified atom stereocenters. The Morgan fingerprint density at radius 1 is 1.22 bits per heavy atom. The van der Waals surface area contributed by atoms with E-state index in [0.717, 1.165) is 28.8 Å². The summed E-state index contributed by atoms with van der Waals surface area (Å²) in [6.07, 6.45) is 2.93. The highest BCUT2D eigenvalue weighted by Crippen LogP contribution is 2.21. The van der Waals surface area contributed by atoms with Gasteiger partial charge in [0.2, 0.25) is 0 Å². The van der Waals surface area contributed by atoms with Crippen molar-refractivity contribution in [3.05, 3.63) is 57.7 Å². The molecule has 2 nitrogen and oxygen atoms in total. The molecule has 0 amide bonds. The summed E-state index contributed by atoms with van der Waals surface area (Å²) >= 11 is 3.53. The molecule has 0 aliphatic carbocycles. The zero-order chi connectivity index (χ0) is 13.0. The minimum atomic E-state index is 0.804. The van der Waals surface area contributed by atoms with Crippen molar-refractivity contribution < 1.29 is 0 Å². The van der Waals surface area contributed by atoms with E-state index in [-0.39, 0.29) is 0 Å². The molecule has 2 rings (SSSR count). The largest absolute Gasteiger partial charge is 0.365 e. The second-order valence-corrected chi connectivity index (χ2v) is 5.17. The maximum absolute atomic E-state index is 4.39. The Morgan fingerprint density at radius 3 is 2.61 bits per heavy atom. The SMILES string of the molecule is CCc1ccccc1CNc1ncc(C)cc1Br. The molecule has 0 atom stereocenters. The minimum Gasteiger partial charge on any atom is -0.365 e. The number of pyridine rings is 1. The van der Waals surface area contributed by atoms with Crippen molar-refractivity contribution in [2.45, 2.75) is 26.8 Å². The van der Waals surface area contributed by atoms with E-state index in [4.69, 9.17) is 0 Å². The molecule has 0 bridgehead atoms. The van der Waals surface area contributed by atoms with Crippen molar-refractivity contribution in [1.82, 2.24) is 4.98 Å². The first-order valence-corrected chi connectivity index (χ1v) is 6.92. The minimum absolute atomic E-state index is 0.804. The van der Waals surface area contributed by atoms with Gasteiger partial charge in [-0.15, -0.1) is 0 Å². The highest BCUT2D eigenvalue weighted by Gasteiger charge is 2.03. The Kier molecular flexibility index (Phi) is 4.37. The van der Waals surface area contributed by atoms with E-state index < -0.39 is 0 Å². The molecule has 94 valence electrons. The molecule has 18 heavy (non-hydrogen) atoms. The van der Waals surface area contributed by atoms with E-state index in [0.29, 0.717) is 0 Å². The van der Waals surface area contributed by atoms with Crippen LogP contribution in [0.5, 0.6) is 0 Å². The van der Waals surface area contributed by atoms with Crippen LogP contribution in [0.4, 0.5) is 5.82 Å². The number of nitrogens with zero attached hydrogens (tertiary/aromatic N) is 1. The second-order valence-electron chi connectivity index (χ2n) is 4.32. The van der Waals surface area contributed by atoms with Gasteiger partial charge < -0.3 is 5.32 Å². The topological polar surface area (TPSA) is 24.9 Å². The summed E-state index contributed by atoms with van der Waals surface area (Å²) < 4.78 is 1.01. The standard InChI is InChI=1S/C15H17BrN2/c1-3-12-6-4-5-7-13(12)10-18-15-14(16)8-11(2)9-17-15/h4-9H,3,10H2,1-2H3,(H,17,18). The summed E-state index contributed by atoms with van der Waals surface area (Å²) in [4.78, 5) is 4.39. The van der Waals surface area contributed by atoms with E-state index >= 15 is 0 Å². The Labute approximate surface area is 117 Å². The first-order chi connectivity index (χ1) is 8.70. The summed E-state index contributed by atoms with van der Waals surface area (Å²) in [5.41, 5.74) is 3.86. The zero-order valence-electron chi connectivity index (χ0n) is 10.7. The molecule has 0 radical (unpaired) electrons. The third-order valence-corrected chi connectivity index (χ3v) is 3.53. The first-order valence-electron chi connectivity index (χ1n) is 6.13. The quantitative estimate of drug-likeness (QED) is 0.909. The average Bonchev–Trinajstić information content (AvgIpc) is 2.38. The van der Waals surface area contributed by atoms with Gasteiger partial charge in [0.05, 0.1) is 4.47 Å². The fourth-order valence-corrected chi connectivity index (χ4v) is 2.52. The highest BCUT2D eigenvalue weighted by molar-refractivity contribution is 9.10. The van der Waals surface area contributed by atoms with Crippen molar-refractivity contribution in [1.29, 1.82) is 0 Å². The molecule has 0 saturated carbocycles. The number of hydrogen-bond donors (Lipinski definition) is 1. The van der Waals surface area contributed by atoms with Crippen molar-refractivity contribution in [3.8, 4) is 0 Å². The van der Waals surface area contributed by atoms with E-state index in [2.05, 4.69) is 63.5 Å². The lowest BCUT2D eigenvalue weighted by molar-refractivity contribution is 1.03. The molecular formula is C15H17BrN2. The predicted octanol–water partition coefficient (Wildman–Crippen LogP) is 4.33. The van der Waals surface area contributed by atoms with Crippen LogP contribution in [0.15, 0.2) is 41.0 Å². The Balaban J connectivity index is 2.11. The number of benzene rings is 1. The van der Waals surface area contributed by atoms with Crippen LogP contribution >= 0.6 is 15.9 Å². The van der Waals surface area contributed by atoms with E-state index in [1.54, 1.807) is 0 Å². The van der Waals surface area contributed by atoms with Crippen molar-refractivity contribution in [2.75, 3.05) is 5.32 Å². The van der Waals surface area contributed by atoms with Crippen LogP contribution in [-0.4, -0.2) is 4.98 Å². The van der Waals surface area contributed by atoms with Crippen LogP contribution in [-0.2, 0) is 13.0 Å². The van der Waals surface area contributed by atoms with E-state index in [1.807, 2.05) is 13.1 Å². The van der Waals surface area contributed by atoms with E-state index in [9.17, 15) is 0 Å². The van der Waals surface area contributed by atoms with Crippen LogP contribution < -0.4 is 5.32 Å². The third kappa shape index (κ3) is 3.10. The molecule has 1 N–H and O–H groups in total. The zero-order valence-corrected chi connectivity index (χ0v) is 12.3. The third-order valence-electron chi connectivity index (χ3n) is 2.92. The molecule has 0 aliphatic heterocycles. The molecule has 2 aromatic rings. The van der Waals surface area contributed by atoms with Gasteiger partial charge in [0, 0.05) is 12.7 Å². The fourth-order valence-electron chi connectivity index (χ4n) is 1.92. The number of aryl methyl sites for hydroxylation is 2. The lowest BCUT2D eigenvalue weighted by atomic mass is 10.1. The summed E-state index contributed by atoms with van der Waals surface area (Å²) in [7, 11) is 0. The summed E-state index contributed by atoms with van der Waals surface area (Å²) in [5.74, 6) is 0.895. The first kappa shape index (κ1) is 13.1. The van der Waals surface area contributed by atoms with Gasteiger partial charge in [-0.1, -0.05) is 31.2 Å². The Bertz CT molecular complexity index is 538. The van der Waals surface area contributed by atoms with Crippen LogP contribution in [0, 0.1) is 6.92 Å². The molecule has 1 heterocycles. The smallest absolute Gasteiger partial charge is 0.140 e. The van der Waals surface area contributed by atoms with Gasteiger partial charge in [0.1, 0.15) is 5.82 Å². The molecule has 0 spiro atoms. The van der Waals surface area contributed by atoms with Gasteiger partial charge in [-0.2, -0.15) is 0 Å². The molecular weight excluding hydrogens is 288 g/mol. The van der Waals surface area contributed by atoms with Gasteiger partial charge in [-0.05, 0) is 52.0 Å². The lowest BCUT2D eigenvalue weighted by Gasteiger charge is -2.11. The second kappa shape index (κ2) is 6.01. The van der Waals surface area contributed by atoms with Gasteiger partial charge >= 0.3 is 0 Å². The normalized spacial score (nSPS) is 10.4. The molecule has 0 fully saturated rings. The monoisotopic (exact) mass is 304 g/mol. The lowest BCUT2D eigenvalue weighted by Crippen LogP contribution is -2.04. The summed E-state index contributed by atoms with van der Waals surface area (Å²) in [5, 5.41) is 3.37. The number of aromatic nitrogens is 1. The van der Waals surface area contributed by atoms with Crippen LogP contribution in [0.25, 0.3) is 0 Å². The molecule has 1 aromatic carbocycles. The van der Waals surface area contributed by atoms with Crippen LogP contribution in [0.1, 0.15) is 23.6 Å². The molecule has 3 heteroatoms.